The van der Waals surface area contributed by atoms with E-state index in [1.807, 2.05) is 35.2 Å². The molecule has 0 aliphatic carbocycles. The summed E-state index contributed by atoms with van der Waals surface area (Å²) in [4.78, 5) is 2.04. The van der Waals surface area contributed by atoms with Gasteiger partial charge in [-0.3, -0.25) is 0 Å². The van der Waals surface area contributed by atoms with Gasteiger partial charge in [0.15, 0.2) is 0 Å². The average Bonchev–Trinajstić information content (AvgIpc) is 2.84. The fourth-order valence-corrected chi connectivity index (χ4v) is 1.49. The highest BCUT2D eigenvalue weighted by molar-refractivity contribution is 7.80. The number of hydrogen-bond acceptors (Lipinski definition) is 2. The fraction of sp³-hybridized carbons (Fsp3) is 0.300. The summed E-state index contributed by atoms with van der Waals surface area (Å²) in [6, 6.07) is 10.2. The van der Waals surface area contributed by atoms with Gasteiger partial charge in [0.1, 0.15) is 5.75 Å². The quantitative estimate of drug-likeness (QED) is 0.500. The Morgan fingerprint density at radius 2 is 2.08 bits per heavy atom. The van der Waals surface area contributed by atoms with Gasteiger partial charge >= 0.3 is 0 Å². The summed E-state index contributed by atoms with van der Waals surface area (Å²) in [6.45, 7) is 3.15. The molecule has 2 rings (SSSR count). The molecule has 13 heavy (non-hydrogen) atoms. The molecular formula is C10H11NOS. The average molecular weight is 193 g/mol. The second-order valence-electron chi connectivity index (χ2n) is 3.18. The highest BCUT2D eigenvalue weighted by atomic mass is 32.1. The second-order valence-corrected chi connectivity index (χ2v) is 3.53. The zero-order chi connectivity index (χ0) is 9.26. The Balaban J connectivity index is 1.95. The van der Waals surface area contributed by atoms with Crippen LogP contribution in [0.25, 0.3) is 0 Å². The molecule has 2 nitrogen and oxygen atoms in total. The van der Waals surface area contributed by atoms with Crippen LogP contribution in [0.3, 0.4) is 0 Å². The van der Waals surface area contributed by atoms with E-state index in [0.717, 1.165) is 12.3 Å². The lowest BCUT2D eigenvalue weighted by Crippen LogP contribution is -2.16. The van der Waals surface area contributed by atoms with Crippen molar-refractivity contribution in [3.8, 4) is 5.75 Å². The van der Waals surface area contributed by atoms with Crippen LogP contribution < -0.4 is 4.74 Å². The third-order valence-corrected chi connectivity index (χ3v) is 2.36. The molecule has 0 bridgehead atoms. The van der Waals surface area contributed by atoms with Crippen molar-refractivity contribution >= 4 is 17.4 Å². The normalized spacial score (nSPS) is 19.8. The third-order valence-electron chi connectivity index (χ3n) is 2.04. The predicted octanol–water partition coefficient (Wildman–Crippen LogP) is 2.05. The minimum Gasteiger partial charge on any atom is -0.432 e. The number of thiocarbonyl (C=S) groups is 1. The van der Waals surface area contributed by atoms with Crippen molar-refractivity contribution in [1.29, 1.82) is 0 Å². The first kappa shape index (κ1) is 8.51. The molecule has 1 aliphatic heterocycles. The molecule has 0 spiro atoms. The maximum Gasteiger partial charge on any atom is 0.265 e. The van der Waals surface area contributed by atoms with Crippen LogP contribution >= 0.6 is 12.2 Å². The van der Waals surface area contributed by atoms with E-state index < -0.39 is 0 Å². The van der Waals surface area contributed by atoms with E-state index in [-0.39, 0.29) is 0 Å². The number of ether oxygens (including phenoxy) is 1. The fourth-order valence-electron chi connectivity index (χ4n) is 1.14. The molecule has 3 heteroatoms. The van der Waals surface area contributed by atoms with Gasteiger partial charge in [-0.2, -0.15) is 0 Å². The van der Waals surface area contributed by atoms with Crippen LogP contribution in [-0.2, 0) is 0 Å². The topological polar surface area (TPSA) is 12.2 Å². The SMILES string of the molecule is CC1CN1C(=S)Oc1ccccc1. The first-order chi connectivity index (χ1) is 6.27. The molecule has 1 aromatic rings. The van der Waals surface area contributed by atoms with Crippen molar-refractivity contribution in [1.82, 2.24) is 4.90 Å². The van der Waals surface area contributed by atoms with Gasteiger partial charge < -0.3 is 9.64 Å². The second kappa shape index (κ2) is 3.34. The van der Waals surface area contributed by atoms with Crippen molar-refractivity contribution in [2.75, 3.05) is 6.54 Å². The molecule has 1 aromatic carbocycles. The Kier molecular flexibility index (Phi) is 2.19. The van der Waals surface area contributed by atoms with E-state index in [4.69, 9.17) is 17.0 Å². The lowest BCUT2D eigenvalue weighted by atomic mass is 10.3. The van der Waals surface area contributed by atoms with Gasteiger partial charge in [-0.1, -0.05) is 18.2 Å². The van der Waals surface area contributed by atoms with E-state index in [9.17, 15) is 0 Å². The summed E-state index contributed by atoms with van der Waals surface area (Å²) in [7, 11) is 0. The molecule has 68 valence electrons. The van der Waals surface area contributed by atoms with Gasteiger partial charge in [-0.15, -0.1) is 0 Å². The molecule has 0 aromatic heterocycles. The van der Waals surface area contributed by atoms with E-state index in [0.29, 0.717) is 11.2 Å². The summed E-state index contributed by atoms with van der Waals surface area (Å²) in [5, 5.41) is 0.582. The molecule has 1 atom stereocenters. The largest absolute Gasteiger partial charge is 0.432 e. The van der Waals surface area contributed by atoms with Gasteiger partial charge in [-0.25, -0.2) is 0 Å². The van der Waals surface area contributed by atoms with E-state index >= 15 is 0 Å². The zero-order valence-electron chi connectivity index (χ0n) is 7.43. The van der Waals surface area contributed by atoms with Gasteiger partial charge in [0, 0.05) is 12.6 Å². The minimum atomic E-state index is 0.552. The van der Waals surface area contributed by atoms with Crippen molar-refractivity contribution in [3.63, 3.8) is 0 Å². The lowest BCUT2D eigenvalue weighted by Gasteiger charge is -2.07. The Morgan fingerprint density at radius 1 is 1.46 bits per heavy atom. The van der Waals surface area contributed by atoms with E-state index in [1.54, 1.807) is 0 Å². The first-order valence-corrected chi connectivity index (χ1v) is 4.71. The minimum absolute atomic E-state index is 0.552. The van der Waals surface area contributed by atoms with Gasteiger partial charge in [-0.05, 0) is 31.3 Å². The van der Waals surface area contributed by atoms with Crippen molar-refractivity contribution < 1.29 is 4.74 Å². The number of benzene rings is 1. The van der Waals surface area contributed by atoms with Gasteiger partial charge in [0.25, 0.3) is 5.17 Å². The molecule has 0 N–H and O–H groups in total. The molecule has 1 saturated heterocycles. The first-order valence-electron chi connectivity index (χ1n) is 4.31. The summed E-state index contributed by atoms with van der Waals surface area (Å²) >= 11 is 5.10. The highest BCUT2D eigenvalue weighted by Crippen LogP contribution is 2.19. The summed E-state index contributed by atoms with van der Waals surface area (Å²) in [5.74, 6) is 0.812. The van der Waals surface area contributed by atoms with Crippen LogP contribution in [-0.4, -0.2) is 22.7 Å². The molecule has 1 aliphatic rings. The highest BCUT2D eigenvalue weighted by Gasteiger charge is 2.32. The molecule has 0 amide bonds. The monoisotopic (exact) mass is 193 g/mol. The molecule has 0 radical (unpaired) electrons. The standard InChI is InChI=1S/C10H11NOS/c1-8-7-11(8)10(13)12-9-5-3-2-4-6-9/h2-6,8H,7H2,1H3. The number of para-hydroxylation sites is 1. The Morgan fingerprint density at radius 3 is 2.62 bits per heavy atom. The van der Waals surface area contributed by atoms with Crippen molar-refractivity contribution in [2.45, 2.75) is 13.0 Å². The van der Waals surface area contributed by atoms with E-state index in [1.165, 1.54) is 0 Å². The number of rotatable bonds is 1. The van der Waals surface area contributed by atoms with Crippen molar-refractivity contribution in [3.05, 3.63) is 30.3 Å². The van der Waals surface area contributed by atoms with Crippen LogP contribution in [0.4, 0.5) is 0 Å². The summed E-state index contributed by atoms with van der Waals surface area (Å²) in [5.41, 5.74) is 0. The number of hydrogen-bond donors (Lipinski definition) is 0. The molecule has 1 unspecified atom stereocenters. The smallest absolute Gasteiger partial charge is 0.265 e. The van der Waals surface area contributed by atoms with Crippen LogP contribution in [0.5, 0.6) is 5.75 Å². The maximum absolute atomic E-state index is 5.47. The van der Waals surface area contributed by atoms with E-state index in [2.05, 4.69) is 6.92 Å². The Bertz CT molecular complexity index is 312. The molecular weight excluding hydrogens is 182 g/mol. The molecule has 0 saturated carbocycles. The van der Waals surface area contributed by atoms with Crippen molar-refractivity contribution in [2.24, 2.45) is 0 Å². The van der Waals surface area contributed by atoms with Gasteiger partial charge in [0.2, 0.25) is 0 Å². The Labute approximate surface area is 83.1 Å². The zero-order valence-corrected chi connectivity index (χ0v) is 8.25. The van der Waals surface area contributed by atoms with Crippen LogP contribution in [0.1, 0.15) is 6.92 Å². The lowest BCUT2D eigenvalue weighted by molar-refractivity contribution is 0.492. The number of nitrogens with zero attached hydrogens (tertiary/aromatic N) is 1. The predicted molar refractivity (Wildman–Crippen MR) is 55.8 cm³/mol. The Hall–Kier alpha value is -1.09. The summed E-state index contributed by atoms with van der Waals surface area (Å²) in [6.07, 6.45) is 0. The third kappa shape index (κ3) is 1.98. The molecule has 1 fully saturated rings. The van der Waals surface area contributed by atoms with Crippen LogP contribution in [0.2, 0.25) is 0 Å². The van der Waals surface area contributed by atoms with Crippen LogP contribution in [0, 0.1) is 0 Å². The van der Waals surface area contributed by atoms with Gasteiger partial charge in [0.05, 0.1) is 0 Å². The molecule has 1 heterocycles. The maximum atomic E-state index is 5.47. The van der Waals surface area contributed by atoms with Crippen LogP contribution in [0.15, 0.2) is 30.3 Å². The summed E-state index contributed by atoms with van der Waals surface area (Å²) < 4.78 is 5.47.